The highest BCUT2D eigenvalue weighted by atomic mass is 16.5. The van der Waals surface area contributed by atoms with E-state index in [0.29, 0.717) is 34.4 Å². The van der Waals surface area contributed by atoms with E-state index < -0.39 is 0 Å². The number of benzene rings is 1. The molecule has 0 radical (unpaired) electrons. The van der Waals surface area contributed by atoms with Gasteiger partial charge in [-0.2, -0.15) is 0 Å². The van der Waals surface area contributed by atoms with E-state index in [1.807, 2.05) is 0 Å². The van der Waals surface area contributed by atoms with Crippen molar-refractivity contribution >= 4 is 17.5 Å². The molecule has 2 rings (SSSR count). The summed E-state index contributed by atoms with van der Waals surface area (Å²) in [6.07, 6.45) is 6.35. The number of unbranched alkanes of at least 4 members (excludes halogenated alkanes) is 2. The van der Waals surface area contributed by atoms with Gasteiger partial charge < -0.3 is 24.8 Å². The van der Waals surface area contributed by atoms with Crippen molar-refractivity contribution in [1.29, 1.82) is 0 Å². The largest absolute Gasteiger partial charge is 0.493 e. The van der Waals surface area contributed by atoms with E-state index in [2.05, 4.69) is 27.5 Å². The molecule has 146 valence electrons. The number of methoxy groups -OCH3 is 3. The quantitative estimate of drug-likeness (QED) is 0.616. The number of ether oxygens (including phenoxy) is 3. The smallest absolute Gasteiger partial charge is 0.258 e. The molecule has 0 saturated heterocycles. The van der Waals surface area contributed by atoms with Crippen LogP contribution in [0.5, 0.6) is 17.2 Å². The standard InChI is InChI=1S/C19H26N4O4/c1-5-6-7-8-20-19-21-11-13(12-22-19)18(24)23-14-9-15(25-2)17(27-4)16(10-14)26-3/h9-12H,5-8H2,1-4H3,(H,23,24)(H,20,21,22). The molecule has 0 saturated carbocycles. The molecular weight excluding hydrogens is 348 g/mol. The average molecular weight is 374 g/mol. The topological polar surface area (TPSA) is 94.6 Å². The molecule has 0 aliphatic rings. The molecule has 1 aromatic carbocycles. The number of amides is 1. The number of nitrogens with one attached hydrogen (secondary N) is 2. The monoisotopic (exact) mass is 374 g/mol. The highest BCUT2D eigenvalue weighted by Crippen LogP contribution is 2.39. The molecule has 0 fully saturated rings. The molecule has 0 aliphatic heterocycles. The van der Waals surface area contributed by atoms with Crippen LogP contribution < -0.4 is 24.8 Å². The fourth-order valence-corrected chi connectivity index (χ4v) is 2.47. The fraction of sp³-hybridized carbons (Fsp3) is 0.421. The second kappa shape index (κ2) is 10.2. The summed E-state index contributed by atoms with van der Waals surface area (Å²) in [5, 5.41) is 5.92. The summed E-state index contributed by atoms with van der Waals surface area (Å²) in [6.45, 7) is 2.96. The van der Waals surface area contributed by atoms with Gasteiger partial charge in [-0.15, -0.1) is 0 Å². The summed E-state index contributed by atoms with van der Waals surface area (Å²) in [6, 6.07) is 3.31. The number of hydrogen-bond donors (Lipinski definition) is 2. The predicted octanol–water partition coefficient (Wildman–Crippen LogP) is 3.36. The van der Waals surface area contributed by atoms with Crippen molar-refractivity contribution < 1.29 is 19.0 Å². The summed E-state index contributed by atoms with van der Waals surface area (Å²) < 4.78 is 15.8. The average Bonchev–Trinajstić information content (AvgIpc) is 2.70. The Hall–Kier alpha value is -3.03. The van der Waals surface area contributed by atoms with Crippen LogP contribution in [0.4, 0.5) is 11.6 Å². The lowest BCUT2D eigenvalue weighted by atomic mass is 10.2. The van der Waals surface area contributed by atoms with Crippen molar-refractivity contribution in [1.82, 2.24) is 9.97 Å². The lowest BCUT2D eigenvalue weighted by Crippen LogP contribution is -2.14. The van der Waals surface area contributed by atoms with Gasteiger partial charge in [0, 0.05) is 36.8 Å². The number of carbonyl (C=O) groups is 1. The first-order valence-corrected chi connectivity index (χ1v) is 8.80. The van der Waals surface area contributed by atoms with Gasteiger partial charge in [-0.1, -0.05) is 19.8 Å². The molecule has 1 aromatic heterocycles. The highest BCUT2D eigenvalue weighted by Gasteiger charge is 2.15. The van der Waals surface area contributed by atoms with E-state index in [4.69, 9.17) is 14.2 Å². The first-order valence-electron chi connectivity index (χ1n) is 8.80. The van der Waals surface area contributed by atoms with E-state index in [9.17, 15) is 4.79 Å². The second-order valence-electron chi connectivity index (χ2n) is 5.80. The van der Waals surface area contributed by atoms with Gasteiger partial charge in [0.05, 0.1) is 26.9 Å². The minimum atomic E-state index is -0.332. The van der Waals surface area contributed by atoms with Gasteiger partial charge in [0.25, 0.3) is 5.91 Å². The third kappa shape index (κ3) is 5.47. The third-order valence-corrected chi connectivity index (χ3v) is 3.90. The van der Waals surface area contributed by atoms with Gasteiger partial charge in [-0.3, -0.25) is 4.79 Å². The maximum absolute atomic E-state index is 12.5. The van der Waals surface area contributed by atoms with Crippen LogP contribution >= 0.6 is 0 Å². The first-order chi connectivity index (χ1) is 13.1. The molecule has 8 nitrogen and oxygen atoms in total. The van der Waals surface area contributed by atoms with Crippen molar-refractivity contribution in [2.75, 3.05) is 38.5 Å². The summed E-state index contributed by atoms with van der Waals surface area (Å²) >= 11 is 0. The Morgan fingerprint density at radius 3 is 2.15 bits per heavy atom. The number of hydrogen-bond acceptors (Lipinski definition) is 7. The maximum Gasteiger partial charge on any atom is 0.258 e. The number of carbonyl (C=O) groups excluding carboxylic acids is 1. The highest BCUT2D eigenvalue weighted by molar-refractivity contribution is 6.04. The van der Waals surface area contributed by atoms with Gasteiger partial charge in [-0.25, -0.2) is 9.97 Å². The van der Waals surface area contributed by atoms with Crippen LogP contribution in [0, 0.1) is 0 Å². The Morgan fingerprint density at radius 2 is 1.63 bits per heavy atom. The molecule has 0 spiro atoms. The summed E-state index contributed by atoms with van der Waals surface area (Å²) in [7, 11) is 4.56. The molecule has 0 atom stereocenters. The molecule has 27 heavy (non-hydrogen) atoms. The first kappa shape index (κ1) is 20.3. The summed E-state index contributed by atoms with van der Waals surface area (Å²) in [4.78, 5) is 20.8. The van der Waals surface area contributed by atoms with Gasteiger partial charge in [0.15, 0.2) is 11.5 Å². The van der Waals surface area contributed by atoms with Gasteiger partial charge >= 0.3 is 0 Å². The Bertz CT molecular complexity index is 725. The molecular formula is C19H26N4O4. The van der Waals surface area contributed by atoms with Crippen molar-refractivity contribution in [2.45, 2.75) is 26.2 Å². The Balaban J connectivity index is 2.06. The predicted molar refractivity (Wildman–Crippen MR) is 104 cm³/mol. The zero-order valence-electron chi connectivity index (χ0n) is 16.2. The molecule has 2 N–H and O–H groups in total. The Kier molecular flexibility index (Phi) is 7.66. The lowest BCUT2D eigenvalue weighted by molar-refractivity contribution is 0.102. The van der Waals surface area contributed by atoms with Crippen molar-refractivity contribution in [2.24, 2.45) is 0 Å². The van der Waals surface area contributed by atoms with E-state index in [1.54, 1.807) is 12.1 Å². The minimum absolute atomic E-state index is 0.332. The van der Waals surface area contributed by atoms with Crippen molar-refractivity contribution in [3.8, 4) is 17.2 Å². The van der Waals surface area contributed by atoms with Crippen LogP contribution in [0.3, 0.4) is 0 Å². The molecule has 1 heterocycles. The van der Waals surface area contributed by atoms with Gasteiger partial charge in [-0.05, 0) is 6.42 Å². The third-order valence-electron chi connectivity index (χ3n) is 3.90. The van der Waals surface area contributed by atoms with Crippen LogP contribution in [0.1, 0.15) is 36.5 Å². The Morgan fingerprint density at radius 1 is 1.00 bits per heavy atom. The summed E-state index contributed by atoms with van der Waals surface area (Å²) in [5.74, 6) is 1.54. The fourth-order valence-electron chi connectivity index (χ4n) is 2.47. The Labute approximate surface area is 159 Å². The number of aromatic nitrogens is 2. The number of anilines is 2. The summed E-state index contributed by atoms with van der Waals surface area (Å²) in [5.41, 5.74) is 0.860. The molecule has 0 unspecified atom stereocenters. The van der Waals surface area contributed by atoms with Crippen LogP contribution in [0.25, 0.3) is 0 Å². The van der Waals surface area contributed by atoms with Crippen LogP contribution in [0.15, 0.2) is 24.5 Å². The molecule has 0 bridgehead atoms. The van der Waals surface area contributed by atoms with Crippen LogP contribution in [-0.4, -0.2) is 43.7 Å². The molecule has 8 heteroatoms. The molecule has 2 aromatic rings. The minimum Gasteiger partial charge on any atom is -0.493 e. The SMILES string of the molecule is CCCCCNc1ncc(C(=O)Nc2cc(OC)c(OC)c(OC)c2)cn1. The number of nitrogens with zero attached hydrogens (tertiary/aromatic N) is 2. The van der Waals surface area contributed by atoms with E-state index in [-0.39, 0.29) is 5.91 Å². The zero-order chi connectivity index (χ0) is 19.6. The second-order valence-corrected chi connectivity index (χ2v) is 5.80. The van der Waals surface area contributed by atoms with Crippen LogP contribution in [0.2, 0.25) is 0 Å². The molecule has 0 aliphatic carbocycles. The van der Waals surface area contributed by atoms with Gasteiger partial charge in [0.1, 0.15) is 0 Å². The lowest BCUT2D eigenvalue weighted by Gasteiger charge is -2.14. The van der Waals surface area contributed by atoms with E-state index >= 15 is 0 Å². The van der Waals surface area contributed by atoms with Gasteiger partial charge in [0.2, 0.25) is 11.7 Å². The maximum atomic E-state index is 12.5. The normalized spacial score (nSPS) is 10.2. The molecule has 1 amide bonds. The van der Waals surface area contributed by atoms with E-state index in [0.717, 1.165) is 25.8 Å². The van der Waals surface area contributed by atoms with Crippen molar-refractivity contribution in [3.63, 3.8) is 0 Å². The van der Waals surface area contributed by atoms with Crippen molar-refractivity contribution in [3.05, 3.63) is 30.1 Å². The van der Waals surface area contributed by atoms with Crippen LogP contribution in [-0.2, 0) is 0 Å². The van der Waals surface area contributed by atoms with E-state index in [1.165, 1.54) is 33.7 Å². The zero-order valence-corrected chi connectivity index (χ0v) is 16.2. The number of rotatable bonds is 10.